The Bertz CT molecular complexity index is 779. The van der Waals surface area contributed by atoms with Gasteiger partial charge in [-0.05, 0) is 19.1 Å². The molecule has 3 aromatic rings. The molecule has 2 heterocycles. The third-order valence-corrected chi connectivity index (χ3v) is 3.97. The van der Waals surface area contributed by atoms with Crippen LogP contribution in [-0.2, 0) is 5.72 Å². The van der Waals surface area contributed by atoms with Gasteiger partial charge in [-0.25, -0.2) is 14.4 Å². The van der Waals surface area contributed by atoms with Crippen molar-refractivity contribution < 1.29 is 9.50 Å². The van der Waals surface area contributed by atoms with Crippen LogP contribution in [0.1, 0.15) is 12.6 Å². The number of benzene rings is 1. The van der Waals surface area contributed by atoms with Crippen molar-refractivity contribution in [2.75, 3.05) is 0 Å². The largest absolute Gasteiger partial charge is 0.370 e. The summed E-state index contributed by atoms with van der Waals surface area (Å²) in [6, 6.07) is 6.45. The van der Waals surface area contributed by atoms with Crippen LogP contribution in [0.5, 0.6) is 0 Å². The van der Waals surface area contributed by atoms with E-state index in [2.05, 4.69) is 9.97 Å². The summed E-state index contributed by atoms with van der Waals surface area (Å²) < 4.78 is 14.3. The van der Waals surface area contributed by atoms with Crippen LogP contribution >= 0.6 is 11.3 Å². The molecule has 1 atom stereocenters. The number of nitrogens with two attached hydrogens (primary N) is 1. The molecule has 0 spiro atoms. The van der Waals surface area contributed by atoms with Gasteiger partial charge in [-0.2, -0.15) is 0 Å². The Hall–Kier alpha value is -1.89. The molecule has 0 aliphatic carbocycles. The Labute approximate surface area is 118 Å². The molecular formula is C14H12FN3OS. The summed E-state index contributed by atoms with van der Waals surface area (Å²) in [6.07, 6.45) is 1.53. The standard InChI is InChI=1S/C14H12FN3OS/c1-14(16,19)11-5-6-17-13(18-11)9-7-20-12-8(9)3-2-4-10(12)15/h2-7,19H,16H2,1H3. The van der Waals surface area contributed by atoms with E-state index in [1.807, 2.05) is 6.07 Å². The lowest BCUT2D eigenvalue weighted by Crippen LogP contribution is -2.33. The summed E-state index contributed by atoms with van der Waals surface area (Å²) in [6.45, 7) is 1.45. The quantitative estimate of drug-likeness (QED) is 0.711. The van der Waals surface area contributed by atoms with Gasteiger partial charge in [0.1, 0.15) is 5.82 Å². The maximum absolute atomic E-state index is 13.7. The van der Waals surface area contributed by atoms with Gasteiger partial charge >= 0.3 is 0 Å². The number of halogens is 1. The topological polar surface area (TPSA) is 72.0 Å². The minimum Gasteiger partial charge on any atom is -0.370 e. The average Bonchev–Trinajstić information content (AvgIpc) is 2.83. The van der Waals surface area contributed by atoms with E-state index in [0.29, 0.717) is 16.2 Å². The van der Waals surface area contributed by atoms with E-state index in [0.717, 1.165) is 10.9 Å². The first-order chi connectivity index (χ1) is 9.47. The van der Waals surface area contributed by atoms with Crippen LogP contribution in [0, 0.1) is 5.82 Å². The third-order valence-electron chi connectivity index (χ3n) is 2.97. The summed E-state index contributed by atoms with van der Waals surface area (Å²) in [5.74, 6) is 0.158. The van der Waals surface area contributed by atoms with Crippen molar-refractivity contribution in [2.45, 2.75) is 12.6 Å². The monoisotopic (exact) mass is 289 g/mol. The van der Waals surface area contributed by atoms with Crippen LogP contribution in [0.25, 0.3) is 21.5 Å². The first-order valence-corrected chi connectivity index (χ1v) is 6.85. The molecule has 6 heteroatoms. The van der Waals surface area contributed by atoms with Gasteiger partial charge in [0.2, 0.25) is 0 Å². The zero-order chi connectivity index (χ0) is 14.3. The van der Waals surface area contributed by atoms with E-state index < -0.39 is 5.72 Å². The number of aromatic nitrogens is 2. The lowest BCUT2D eigenvalue weighted by molar-refractivity contribution is 0.0600. The van der Waals surface area contributed by atoms with Crippen molar-refractivity contribution in [3.8, 4) is 11.4 Å². The van der Waals surface area contributed by atoms with Crippen molar-refractivity contribution in [1.29, 1.82) is 0 Å². The lowest BCUT2D eigenvalue weighted by atomic mass is 10.1. The number of nitrogens with zero attached hydrogens (tertiary/aromatic N) is 2. The summed E-state index contributed by atoms with van der Waals surface area (Å²) >= 11 is 1.30. The number of thiophene rings is 1. The van der Waals surface area contributed by atoms with Gasteiger partial charge in [0, 0.05) is 22.5 Å². The van der Waals surface area contributed by atoms with Crippen LogP contribution in [-0.4, -0.2) is 15.1 Å². The van der Waals surface area contributed by atoms with Gasteiger partial charge in [-0.1, -0.05) is 12.1 Å². The molecule has 3 rings (SSSR count). The second kappa shape index (κ2) is 4.59. The van der Waals surface area contributed by atoms with Crippen LogP contribution < -0.4 is 5.73 Å². The van der Waals surface area contributed by atoms with Crippen molar-refractivity contribution in [3.05, 3.63) is 47.4 Å². The molecule has 0 aliphatic rings. The molecule has 0 radical (unpaired) electrons. The molecule has 0 saturated carbocycles. The van der Waals surface area contributed by atoms with E-state index >= 15 is 0 Å². The summed E-state index contributed by atoms with van der Waals surface area (Å²) in [4.78, 5) is 8.45. The predicted molar refractivity (Wildman–Crippen MR) is 76.6 cm³/mol. The minimum absolute atomic E-state index is 0.263. The average molecular weight is 289 g/mol. The van der Waals surface area contributed by atoms with Gasteiger partial charge in [0.05, 0.1) is 10.4 Å². The number of fused-ring (bicyclic) bond motifs is 1. The molecule has 0 bridgehead atoms. The maximum atomic E-state index is 13.7. The maximum Gasteiger partial charge on any atom is 0.161 e. The summed E-state index contributed by atoms with van der Waals surface area (Å²) in [7, 11) is 0. The SMILES string of the molecule is CC(N)(O)c1ccnc(-c2csc3c(F)cccc23)n1. The van der Waals surface area contributed by atoms with E-state index in [4.69, 9.17) is 5.73 Å². The van der Waals surface area contributed by atoms with E-state index in [1.54, 1.807) is 17.5 Å². The molecule has 1 aromatic carbocycles. The van der Waals surface area contributed by atoms with Crippen molar-refractivity contribution >= 4 is 21.4 Å². The highest BCUT2D eigenvalue weighted by Gasteiger charge is 2.20. The molecule has 20 heavy (non-hydrogen) atoms. The Morgan fingerprint density at radius 1 is 1.35 bits per heavy atom. The molecule has 0 saturated heterocycles. The van der Waals surface area contributed by atoms with Gasteiger partial charge in [-0.15, -0.1) is 11.3 Å². The normalized spacial score (nSPS) is 14.4. The molecule has 4 nitrogen and oxygen atoms in total. The smallest absolute Gasteiger partial charge is 0.161 e. The Balaban J connectivity index is 2.19. The van der Waals surface area contributed by atoms with Gasteiger partial charge in [0.25, 0.3) is 0 Å². The number of aliphatic hydroxyl groups is 1. The fourth-order valence-corrected chi connectivity index (χ4v) is 2.92. The number of hydrogen-bond donors (Lipinski definition) is 2. The van der Waals surface area contributed by atoms with Crippen LogP contribution in [0.4, 0.5) is 4.39 Å². The molecule has 2 aromatic heterocycles. The molecule has 3 N–H and O–H groups in total. The zero-order valence-electron chi connectivity index (χ0n) is 10.7. The Morgan fingerprint density at radius 3 is 2.90 bits per heavy atom. The van der Waals surface area contributed by atoms with Crippen LogP contribution in [0.2, 0.25) is 0 Å². The molecular weight excluding hydrogens is 277 g/mol. The van der Waals surface area contributed by atoms with Gasteiger partial charge in [-0.3, -0.25) is 5.73 Å². The van der Waals surface area contributed by atoms with Crippen molar-refractivity contribution in [2.24, 2.45) is 5.73 Å². The third kappa shape index (κ3) is 2.18. The Kier molecular flexibility index (Phi) is 3.01. The minimum atomic E-state index is -1.53. The zero-order valence-corrected chi connectivity index (χ0v) is 11.5. The highest BCUT2D eigenvalue weighted by molar-refractivity contribution is 7.17. The van der Waals surface area contributed by atoms with Gasteiger partial charge in [0.15, 0.2) is 11.5 Å². The summed E-state index contributed by atoms with van der Waals surface area (Å²) in [5, 5.41) is 12.4. The molecule has 0 aliphatic heterocycles. The van der Waals surface area contributed by atoms with E-state index in [9.17, 15) is 9.50 Å². The Morgan fingerprint density at radius 2 is 2.15 bits per heavy atom. The van der Waals surface area contributed by atoms with Crippen LogP contribution in [0.3, 0.4) is 0 Å². The number of rotatable bonds is 2. The second-order valence-electron chi connectivity index (χ2n) is 4.68. The first kappa shape index (κ1) is 13.1. The van der Waals surface area contributed by atoms with E-state index in [1.165, 1.54) is 30.5 Å². The predicted octanol–water partition coefficient (Wildman–Crippen LogP) is 2.62. The second-order valence-corrected chi connectivity index (χ2v) is 5.56. The fraction of sp³-hybridized carbons (Fsp3) is 0.143. The molecule has 0 fully saturated rings. The van der Waals surface area contributed by atoms with E-state index in [-0.39, 0.29) is 5.82 Å². The summed E-state index contributed by atoms with van der Waals surface area (Å²) in [5.41, 5.74) is 5.14. The molecule has 1 unspecified atom stereocenters. The van der Waals surface area contributed by atoms with Gasteiger partial charge < -0.3 is 5.11 Å². The molecule has 0 amide bonds. The first-order valence-electron chi connectivity index (χ1n) is 5.97. The molecule has 102 valence electrons. The van der Waals surface area contributed by atoms with Crippen molar-refractivity contribution in [1.82, 2.24) is 9.97 Å². The van der Waals surface area contributed by atoms with Crippen LogP contribution in [0.15, 0.2) is 35.8 Å². The van der Waals surface area contributed by atoms with Crippen molar-refractivity contribution in [3.63, 3.8) is 0 Å². The lowest BCUT2D eigenvalue weighted by Gasteiger charge is -2.16. The highest BCUT2D eigenvalue weighted by Crippen LogP contribution is 2.33. The fourth-order valence-electron chi connectivity index (χ4n) is 1.97. The number of hydrogen-bond acceptors (Lipinski definition) is 5. The highest BCUT2D eigenvalue weighted by atomic mass is 32.1.